The molecule has 0 aromatic carbocycles. The normalized spacial score (nSPS) is 10.7. The van der Waals surface area contributed by atoms with Crippen LogP contribution in [0.2, 0.25) is 0 Å². The summed E-state index contributed by atoms with van der Waals surface area (Å²) < 4.78 is 5.63. The van der Waals surface area contributed by atoms with Crippen LogP contribution in [0.3, 0.4) is 0 Å². The van der Waals surface area contributed by atoms with Crippen LogP contribution in [0.4, 0.5) is 0 Å². The molecule has 11 heavy (non-hydrogen) atoms. The number of rotatable bonds is 3. The van der Waals surface area contributed by atoms with Crippen molar-refractivity contribution in [3.63, 3.8) is 0 Å². The molecule has 0 aliphatic rings. The van der Waals surface area contributed by atoms with Crippen LogP contribution in [0.25, 0.3) is 0 Å². The SMILES string of the molecule is CCOC=Nn1ccc(Br)n1. The second-order valence-corrected chi connectivity index (χ2v) is 2.55. The predicted molar refractivity (Wildman–Crippen MR) is 45.4 cm³/mol. The van der Waals surface area contributed by atoms with Crippen molar-refractivity contribution in [3.05, 3.63) is 16.9 Å². The average Bonchev–Trinajstić information content (AvgIpc) is 2.37. The Morgan fingerprint density at radius 1 is 1.91 bits per heavy atom. The summed E-state index contributed by atoms with van der Waals surface area (Å²) in [5, 5.41) is 7.78. The van der Waals surface area contributed by atoms with Crippen LogP contribution < -0.4 is 0 Å². The first-order valence-corrected chi connectivity index (χ1v) is 3.98. The van der Waals surface area contributed by atoms with Crippen LogP contribution in [-0.4, -0.2) is 22.9 Å². The number of nitrogens with zero attached hydrogens (tertiary/aromatic N) is 3. The lowest BCUT2D eigenvalue weighted by atomic mass is 10.8. The molecule has 0 atom stereocenters. The first kappa shape index (κ1) is 8.26. The Bertz CT molecular complexity index is 246. The zero-order valence-corrected chi connectivity index (χ0v) is 7.65. The quantitative estimate of drug-likeness (QED) is 0.569. The standard InChI is InChI=1S/C6H8BrN3O/c1-2-11-5-8-10-4-3-6(7)9-10/h3-5H,2H2,1H3. The molecule has 1 heterocycles. The van der Waals surface area contributed by atoms with E-state index in [9.17, 15) is 0 Å². The zero-order chi connectivity index (χ0) is 8.10. The van der Waals surface area contributed by atoms with Crippen molar-refractivity contribution >= 4 is 22.3 Å². The molecular weight excluding hydrogens is 210 g/mol. The Balaban J connectivity index is 2.50. The summed E-state index contributed by atoms with van der Waals surface area (Å²) in [5.74, 6) is 0. The van der Waals surface area contributed by atoms with Crippen LogP contribution in [0, 0.1) is 0 Å². The Hall–Kier alpha value is -0.840. The first-order chi connectivity index (χ1) is 5.33. The molecule has 0 unspecified atom stereocenters. The Labute approximate surface area is 73.0 Å². The van der Waals surface area contributed by atoms with Crippen molar-refractivity contribution in [2.24, 2.45) is 5.10 Å². The molecule has 0 N–H and O–H groups in total. The highest BCUT2D eigenvalue weighted by Crippen LogP contribution is 2.02. The van der Waals surface area contributed by atoms with Crippen molar-refractivity contribution in [1.82, 2.24) is 9.89 Å². The van der Waals surface area contributed by atoms with E-state index in [1.807, 2.05) is 6.92 Å². The largest absolute Gasteiger partial charge is 0.482 e. The molecular formula is C6H8BrN3O. The van der Waals surface area contributed by atoms with Crippen LogP contribution in [-0.2, 0) is 4.74 Å². The van der Waals surface area contributed by atoms with E-state index in [1.165, 1.54) is 11.2 Å². The Morgan fingerprint density at radius 2 is 2.73 bits per heavy atom. The molecule has 60 valence electrons. The second kappa shape index (κ2) is 4.12. The maximum absolute atomic E-state index is 4.88. The van der Waals surface area contributed by atoms with Crippen molar-refractivity contribution in [2.45, 2.75) is 6.92 Å². The highest BCUT2D eigenvalue weighted by Gasteiger charge is 1.89. The number of hydrogen-bond donors (Lipinski definition) is 0. The fourth-order valence-corrected chi connectivity index (χ4v) is 0.794. The molecule has 0 radical (unpaired) electrons. The molecule has 4 nitrogen and oxygen atoms in total. The van der Waals surface area contributed by atoms with Gasteiger partial charge in [0.15, 0.2) is 6.40 Å². The summed E-state index contributed by atoms with van der Waals surface area (Å²) >= 11 is 3.19. The smallest absolute Gasteiger partial charge is 0.195 e. The van der Waals surface area contributed by atoms with E-state index in [2.05, 4.69) is 26.1 Å². The minimum absolute atomic E-state index is 0.617. The van der Waals surface area contributed by atoms with E-state index in [1.54, 1.807) is 12.3 Å². The molecule has 5 heteroatoms. The summed E-state index contributed by atoms with van der Waals surface area (Å²) in [4.78, 5) is 1.42. The van der Waals surface area contributed by atoms with Gasteiger partial charge in [-0.1, -0.05) is 0 Å². The third-order valence-electron chi connectivity index (χ3n) is 0.950. The number of halogens is 1. The van der Waals surface area contributed by atoms with E-state index in [0.717, 1.165) is 4.60 Å². The van der Waals surface area contributed by atoms with Crippen molar-refractivity contribution in [2.75, 3.05) is 6.61 Å². The Kier molecular flexibility index (Phi) is 3.10. The molecule has 0 saturated heterocycles. The van der Waals surface area contributed by atoms with Crippen LogP contribution >= 0.6 is 15.9 Å². The number of aromatic nitrogens is 2. The third kappa shape index (κ3) is 2.71. The molecule has 0 saturated carbocycles. The van der Waals surface area contributed by atoms with Gasteiger partial charge in [-0.25, -0.2) is 0 Å². The fraction of sp³-hybridized carbons (Fsp3) is 0.333. The van der Waals surface area contributed by atoms with E-state index in [0.29, 0.717) is 6.61 Å². The monoisotopic (exact) mass is 217 g/mol. The summed E-state index contributed by atoms with van der Waals surface area (Å²) in [7, 11) is 0. The van der Waals surface area contributed by atoms with Crippen molar-refractivity contribution < 1.29 is 4.74 Å². The minimum atomic E-state index is 0.617. The molecule has 1 rings (SSSR count). The maximum atomic E-state index is 4.88. The van der Waals surface area contributed by atoms with E-state index in [4.69, 9.17) is 4.74 Å². The van der Waals surface area contributed by atoms with Gasteiger partial charge in [0.2, 0.25) is 0 Å². The van der Waals surface area contributed by atoms with Gasteiger partial charge in [-0.05, 0) is 28.9 Å². The molecule has 1 aromatic heterocycles. The summed E-state index contributed by atoms with van der Waals surface area (Å²) in [6, 6.07) is 1.79. The molecule has 0 amide bonds. The van der Waals surface area contributed by atoms with Gasteiger partial charge in [-0.15, -0.1) is 10.2 Å². The maximum Gasteiger partial charge on any atom is 0.195 e. The zero-order valence-electron chi connectivity index (χ0n) is 6.07. The van der Waals surface area contributed by atoms with Crippen LogP contribution in [0.1, 0.15) is 6.92 Å². The third-order valence-corrected chi connectivity index (χ3v) is 1.37. The molecule has 0 spiro atoms. The molecule has 0 bridgehead atoms. The number of ether oxygens (including phenoxy) is 1. The van der Waals surface area contributed by atoms with Gasteiger partial charge in [0.25, 0.3) is 0 Å². The topological polar surface area (TPSA) is 39.4 Å². The summed E-state index contributed by atoms with van der Waals surface area (Å²) in [6.07, 6.45) is 3.08. The van der Waals surface area contributed by atoms with Gasteiger partial charge >= 0.3 is 0 Å². The number of hydrogen-bond acceptors (Lipinski definition) is 3. The highest BCUT2D eigenvalue weighted by molar-refractivity contribution is 9.10. The van der Waals surface area contributed by atoms with Gasteiger partial charge in [0.1, 0.15) is 4.60 Å². The second-order valence-electron chi connectivity index (χ2n) is 1.74. The lowest BCUT2D eigenvalue weighted by Crippen LogP contribution is -1.92. The lowest BCUT2D eigenvalue weighted by Gasteiger charge is -1.90. The summed E-state index contributed by atoms with van der Waals surface area (Å²) in [5.41, 5.74) is 0. The van der Waals surface area contributed by atoms with Gasteiger partial charge < -0.3 is 4.74 Å². The van der Waals surface area contributed by atoms with Crippen molar-refractivity contribution in [1.29, 1.82) is 0 Å². The van der Waals surface area contributed by atoms with E-state index in [-0.39, 0.29) is 0 Å². The Morgan fingerprint density at radius 3 is 3.27 bits per heavy atom. The van der Waals surface area contributed by atoms with Gasteiger partial charge in [-0.3, -0.25) is 0 Å². The lowest BCUT2D eigenvalue weighted by molar-refractivity contribution is 0.339. The first-order valence-electron chi connectivity index (χ1n) is 3.18. The molecule has 0 fully saturated rings. The highest BCUT2D eigenvalue weighted by atomic mass is 79.9. The van der Waals surface area contributed by atoms with Crippen LogP contribution in [0.15, 0.2) is 22.0 Å². The fourth-order valence-electron chi connectivity index (χ4n) is 0.513. The average molecular weight is 218 g/mol. The predicted octanol–water partition coefficient (Wildman–Crippen LogP) is 1.47. The van der Waals surface area contributed by atoms with Gasteiger partial charge in [0, 0.05) is 0 Å². The summed E-state index contributed by atoms with van der Waals surface area (Å²) in [6.45, 7) is 2.51. The van der Waals surface area contributed by atoms with Crippen LogP contribution in [0.5, 0.6) is 0 Å². The molecule has 0 aliphatic heterocycles. The molecule has 1 aromatic rings. The van der Waals surface area contributed by atoms with Crippen molar-refractivity contribution in [3.8, 4) is 0 Å². The van der Waals surface area contributed by atoms with E-state index >= 15 is 0 Å². The minimum Gasteiger partial charge on any atom is -0.482 e. The van der Waals surface area contributed by atoms with Gasteiger partial charge in [0.05, 0.1) is 12.8 Å². The van der Waals surface area contributed by atoms with Gasteiger partial charge in [-0.2, -0.15) is 4.79 Å². The molecule has 0 aliphatic carbocycles. The van der Waals surface area contributed by atoms with E-state index < -0.39 is 0 Å².